The lowest BCUT2D eigenvalue weighted by molar-refractivity contribution is -0.157. The fraction of sp³-hybridized carbons (Fsp3) is 0.529. The Morgan fingerprint density at radius 1 is 1.25 bits per heavy atom. The predicted molar refractivity (Wildman–Crippen MR) is 101 cm³/mol. The van der Waals surface area contributed by atoms with Crippen LogP contribution in [-0.2, 0) is 21.2 Å². The van der Waals surface area contributed by atoms with E-state index < -0.39 is 28.5 Å². The van der Waals surface area contributed by atoms with E-state index in [4.69, 9.17) is 0 Å². The topological polar surface area (TPSA) is 90.9 Å². The summed E-state index contributed by atoms with van der Waals surface area (Å²) in [6, 6.07) is 4.84. The van der Waals surface area contributed by atoms with Gasteiger partial charge in [-0.3, -0.25) is 4.79 Å². The van der Waals surface area contributed by atoms with Crippen LogP contribution in [0.2, 0.25) is 0 Å². The molecule has 0 aliphatic rings. The van der Waals surface area contributed by atoms with Gasteiger partial charge in [-0.2, -0.15) is 13.2 Å². The van der Waals surface area contributed by atoms with Crippen LogP contribution >= 0.6 is 0 Å². The molecule has 0 saturated heterocycles. The van der Waals surface area contributed by atoms with Crippen molar-refractivity contribution < 1.29 is 26.4 Å². The Labute approximate surface area is 162 Å². The quantitative estimate of drug-likeness (QED) is 0.513. The summed E-state index contributed by atoms with van der Waals surface area (Å²) in [6.45, 7) is 2.51. The SMILES string of the molecule is CCNC(=NCc1ccc(S(C)(=O)=O)c(C)c1)NCC(=O)N(C)CC(F)(F)F. The molecule has 1 amide bonds. The van der Waals surface area contributed by atoms with Crippen molar-refractivity contribution in [2.75, 3.05) is 32.9 Å². The third-order valence-electron chi connectivity index (χ3n) is 3.65. The van der Waals surface area contributed by atoms with E-state index in [2.05, 4.69) is 15.6 Å². The number of alkyl halides is 3. The van der Waals surface area contributed by atoms with Crippen molar-refractivity contribution in [2.24, 2.45) is 4.99 Å². The number of guanidine groups is 1. The summed E-state index contributed by atoms with van der Waals surface area (Å²) in [5.74, 6) is -0.461. The van der Waals surface area contributed by atoms with Gasteiger partial charge in [0.2, 0.25) is 5.91 Å². The summed E-state index contributed by atoms with van der Waals surface area (Å²) in [6.07, 6.45) is -3.33. The fourth-order valence-electron chi connectivity index (χ4n) is 2.39. The molecule has 0 aromatic heterocycles. The molecule has 1 aromatic rings. The first-order valence-corrected chi connectivity index (χ1v) is 10.3. The van der Waals surface area contributed by atoms with Crippen molar-refractivity contribution in [1.82, 2.24) is 15.5 Å². The van der Waals surface area contributed by atoms with Crippen LogP contribution in [0, 0.1) is 6.92 Å². The summed E-state index contributed by atoms with van der Waals surface area (Å²) < 4.78 is 60.3. The van der Waals surface area contributed by atoms with Crippen LogP contribution in [0.25, 0.3) is 0 Å². The van der Waals surface area contributed by atoms with Gasteiger partial charge in [-0.05, 0) is 31.0 Å². The number of benzene rings is 1. The Kier molecular flexibility index (Phi) is 8.28. The van der Waals surface area contributed by atoms with Crippen LogP contribution in [0.15, 0.2) is 28.1 Å². The zero-order valence-electron chi connectivity index (χ0n) is 16.2. The average Bonchev–Trinajstić information content (AvgIpc) is 2.54. The zero-order chi connectivity index (χ0) is 21.5. The van der Waals surface area contributed by atoms with Crippen molar-refractivity contribution in [3.8, 4) is 0 Å². The number of nitrogens with one attached hydrogen (secondary N) is 2. The van der Waals surface area contributed by atoms with Gasteiger partial charge in [-0.1, -0.05) is 12.1 Å². The minimum absolute atomic E-state index is 0.201. The number of halogens is 3. The largest absolute Gasteiger partial charge is 0.406 e. The highest BCUT2D eigenvalue weighted by molar-refractivity contribution is 7.90. The van der Waals surface area contributed by atoms with Crippen LogP contribution < -0.4 is 10.6 Å². The van der Waals surface area contributed by atoms with Crippen molar-refractivity contribution in [2.45, 2.75) is 31.5 Å². The van der Waals surface area contributed by atoms with Gasteiger partial charge < -0.3 is 15.5 Å². The molecule has 1 rings (SSSR count). The number of likely N-dealkylation sites (N-methyl/N-ethyl adjacent to an activating group) is 1. The number of hydrogen-bond donors (Lipinski definition) is 2. The normalized spacial score (nSPS) is 12.6. The molecule has 0 heterocycles. The molecule has 0 aliphatic carbocycles. The van der Waals surface area contributed by atoms with Crippen LogP contribution in [0.1, 0.15) is 18.1 Å². The van der Waals surface area contributed by atoms with Crippen molar-refractivity contribution in [1.29, 1.82) is 0 Å². The number of hydrogen-bond acceptors (Lipinski definition) is 4. The molecular formula is C17H25F3N4O3S. The molecule has 0 aliphatic heterocycles. The van der Waals surface area contributed by atoms with Gasteiger partial charge in [-0.15, -0.1) is 0 Å². The molecule has 28 heavy (non-hydrogen) atoms. The first-order chi connectivity index (χ1) is 12.8. The second-order valence-electron chi connectivity index (χ2n) is 6.29. The molecule has 0 fully saturated rings. The molecule has 0 saturated carbocycles. The Bertz CT molecular complexity index is 823. The van der Waals surface area contributed by atoms with Gasteiger partial charge in [0.05, 0.1) is 18.0 Å². The van der Waals surface area contributed by atoms with E-state index in [1.54, 1.807) is 26.0 Å². The van der Waals surface area contributed by atoms with Gasteiger partial charge in [-0.25, -0.2) is 13.4 Å². The third kappa shape index (κ3) is 8.15. The van der Waals surface area contributed by atoms with E-state index in [9.17, 15) is 26.4 Å². The van der Waals surface area contributed by atoms with Crippen LogP contribution in [-0.4, -0.2) is 64.3 Å². The molecule has 0 bridgehead atoms. The first kappa shape index (κ1) is 23.7. The maximum Gasteiger partial charge on any atom is 0.406 e. The van der Waals surface area contributed by atoms with Crippen LogP contribution in [0.5, 0.6) is 0 Å². The van der Waals surface area contributed by atoms with Gasteiger partial charge in [0, 0.05) is 19.8 Å². The molecular weight excluding hydrogens is 397 g/mol. The van der Waals surface area contributed by atoms with E-state index in [-0.39, 0.29) is 23.9 Å². The molecule has 0 atom stereocenters. The number of rotatable bonds is 7. The predicted octanol–water partition coefficient (Wildman–Crippen LogP) is 1.47. The molecule has 0 unspecified atom stereocenters. The third-order valence-corrected chi connectivity index (χ3v) is 4.91. The standard InChI is InChI=1S/C17H25F3N4O3S/c1-5-21-16(23-10-15(25)24(3)11-17(18,19)20)22-9-13-6-7-14(12(2)8-13)28(4,26)27/h6-8H,5,9-11H2,1-4H3,(H2,21,22,23). The van der Waals surface area contributed by atoms with Gasteiger partial charge in [0.1, 0.15) is 6.54 Å². The zero-order valence-corrected chi connectivity index (χ0v) is 17.0. The summed E-state index contributed by atoms with van der Waals surface area (Å²) >= 11 is 0. The number of aliphatic imine (C=N–C) groups is 1. The van der Waals surface area contributed by atoms with Crippen LogP contribution in [0.3, 0.4) is 0 Å². The highest BCUT2D eigenvalue weighted by Gasteiger charge is 2.31. The number of carbonyl (C=O) groups excluding carboxylic acids is 1. The summed E-state index contributed by atoms with van der Waals surface area (Å²) in [5, 5.41) is 5.59. The number of sulfone groups is 1. The molecule has 0 spiro atoms. The van der Waals surface area contributed by atoms with E-state index in [0.29, 0.717) is 17.0 Å². The molecule has 7 nitrogen and oxygen atoms in total. The lowest BCUT2D eigenvalue weighted by Gasteiger charge is -2.20. The number of aryl methyl sites for hydroxylation is 1. The number of amides is 1. The minimum atomic E-state index is -4.46. The van der Waals surface area contributed by atoms with Gasteiger partial charge in [0.15, 0.2) is 15.8 Å². The number of carbonyl (C=O) groups is 1. The molecule has 1 aromatic carbocycles. The Morgan fingerprint density at radius 3 is 2.39 bits per heavy atom. The molecule has 2 N–H and O–H groups in total. The maximum absolute atomic E-state index is 12.3. The second-order valence-corrected chi connectivity index (χ2v) is 8.27. The van der Waals surface area contributed by atoms with E-state index in [1.165, 1.54) is 6.07 Å². The Hall–Kier alpha value is -2.30. The monoisotopic (exact) mass is 422 g/mol. The highest BCUT2D eigenvalue weighted by Crippen LogP contribution is 2.17. The summed E-state index contributed by atoms with van der Waals surface area (Å²) in [4.78, 5) is 16.9. The second kappa shape index (κ2) is 9.76. The van der Waals surface area contributed by atoms with Crippen LogP contribution in [0.4, 0.5) is 13.2 Å². The lowest BCUT2D eigenvalue weighted by atomic mass is 10.1. The Balaban J connectivity index is 2.77. The van der Waals surface area contributed by atoms with Gasteiger partial charge in [0.25, 0.3) is 0 Å². The minimum Gasteiger partial charge on any atom is -0.357 e. The smallest absolute Gasteiger partial charge is 0.357 e. The number of nitrogens with zero attached hydrogens (tertiary/aromatic N) is 2. The Morgan fingerprint density at radius 2 is 1.89 bits per heavy atom. The van der Waals surface area contributed by atoms with Crippen molar-refractivity contribution >= 4 is 21.7 Å². The first-order valence-electron chi connectivity index (χ1n) is 8.46. The van der Waals surface area contributed by atoms with E-state index in [0.717, 1.165) is 18.9 Å². The maximum atomic E-state index is 12.3. The van der Waals surface area contributed by atoms with E-state index >= 15 is 0 Å². The molecule has 0 radical (unpaired) electrons. The van der Waals surface area contributed by atoms with E-state index in [1.807, 2.05) is 0 Å². The summed E-state index contributed by atoms with van der Waals surface area (Å²) in [5.41, 5.74) is 1.35. The summed E-state index contributed by atoms with van der Waals surface area (Å²) in [7, 11) is -2.24. The van der Waals surface area contributed by atoms with Crippen molar-refractivity contribution in [3.05, 3.63) is 29.3 Å². The fourth-order valence-corrected chi connectivity index (χ4v) is 3.35. The highest BCUT2D eigenvalue weighted by atomic mass is 32.2. The molecule has 158 valence electrons. The lowest BCUT2D eigenvalue weighted by Crippen LogP contribution is -2.45. The van der Waals surface area contributed by atoms with Crippen molar-refractivity contribution in [3.63, 3.8) is 0 Å². The molecule has 11 heteroatoms. The van der Waals surface area contributed by atoms with Gasteiger partial charge >= 0.3 is 6.18 Å². The average molecular weight is 422 g/mol.